The first-order valence-electron chi connectivity index (χ1n) is 22.7. The first kappa shape index (κ1) is 51.4. The normalized spacial score (nSPS) is 13.3. The molecule has 0 rings (SSSR count). The standard InChI is InChI=1S/C47H86O6/c1-4-7-10-13-15-17-19-21-23-25-27-29-31-34-37-40-43(49)47(53,46(52)45(51)42(48)39-36-33-12-9-6-3)44(50)41-38-35-32-30-28-26-24-22-20-18-16-14-11-8-5-2/h21-24,45-46,51-53H,4-20,25-41H2,1-3H3/b23-21-,24-22-. The molecule has 0 aromatic carbocycles. The number of hydrogen-bond donors (Lipinski definition) is 3. The average Bonchev–Trinajstić information content (AvgIpc) is 3.16. The van der Waals surface area contributed by atoms with Crippen molar-refractivity contribution < 1.29 is 29.7 Å². The first-order valence-corrected chi connectivity index (χ1v) is 22.7. The molecule has 0 radical (unpaired) electrons. The number of rotatable bonds is 41. The summed E-state index contributed by atoms with van der Waals surface area (Å²) in [6, 6.07) is 0. The molecule has 0 aliphatic rings. The number of hydrogen-bond acceptors (Lipinski definition) is 6. The monoisotopic (exact) mass is 747 g/mol. The molecular weight excluding hydrogens is 661 g/mol. The van der Waals surface area contributed by atoms with Gasteiger partial charge in [0.1, 0.15) is 12.2 Å². The Hall–Kier alpha value is -1.63. The molecule has 3 N–H and O–H groups in total. The minimum absolute atomic E-state index is 0.0445. The second-order valence-electron chi connectivity index (χ2n) is 15.8. The second kappa shape index (κ2) is 37.3. The zero-order valence-electron chi connectivity index (χ0n) is 35.1. The molecule has 6 heteroatoms. The summed E-state index contributed by atoms with van der Waals surface area (Å²) < 4.78 is 0. The number of ketones is 3. The highest BCUT2D eigenvalue weighted by Crippen LogP contribution is 2.25. The number of carbonyl (C=O) groups is 3. The number of carbonyl (C=O) groups excluding carboxylic acids is 3. The van der Waals surface area contributed by atoms with Gasteiger partial charge in [-0.15, -0.1) is 0 Å². The van der Waals surface area contributed by atoms with Crippen LogP contribution in [0.1, 0.15) is 239 Å². The highest BCUT2D eigenvalue weighted by Gasteiger charge is 2.52. The van der Waals surface area contributed by atoms with Crippen molar-refractivity contribution in [1.29, 1.82) is 0 Å². The summed E-state index contributed by atoms with van der Waals surface area (Å²) >= 11 is 0. The van der Waals surface area contributed by atoms with Gasteiger partial charge in [0.05, 0.1) is 0 Å². The average molecular weight is 747 g/mol. The van der Waals surface area contributed by atoms with Gasteiger partial charge < -0.3 is 15.3 Å². The Kier molecular flexibility index (Phi) is 36.2. The second-order valence-corrected chi connectivity index (χ2v) is 15.8. The Morgan fingerprint density at radius 3 is 1.00 bits per heavy atom. The largest absolute Gasteiger partial charge is 0.386 e. The molecule has 6 nitrogen and oxygen atoms in total. The van der Waals surface area contributed by atoms with Crippen LogP contribution in [-0.2, 0) is 14.4 Å². The zero-order chi connectivity index (χ0) is 39.3. The van der Waals surface area contributed by atoms with Crippen molar-refractivity contribution in [3.8, 4) is 0 Å². The lowest BCUT2D eigenvalue weighted by atomic mass is 9.79. The fourth-order valence-corrected chi connectivity index (χ4v) is 7.03. The van der Waals surface area contributed by atoms with Gasteiger partial charge in [-0.2, -0.15) is 0 Å². The molecule has 0 aliphatic heterocycles. The first-order chi connectivity index (χ1) is 25.8. The number of unbranched alkanes of at least 4 members (excludes halogenated alkanes) is 26. The maximum Gasteiger partial charge on any atom is 0.210 e. The Balaban J connectivity index is 4.75. The molecular formula is C47H86O6. The zero-order valence-corrected chi connectivity index (χ0v) is 35.1. The lowest BCUT2D eigenvalue weighted by molar-refractivity contribution is -0.174. The molecule has 2 atom stereocenters. The van der Waals surface area contributed by atoms with E-state index in [1.165, 1.54) is 77.0 Å². The molecule has 0 aromatic rings. The smallest absolute Gasteiger partial charge is 0.210 e. The van der Waals surface area contributed by atoms with Crippen LogP contribution >= 0.6 is 0 Å². The lowest BCUT2D eigenvalue weighted by Crippen LogP contribution is -2.61. The van der Waals surface area contributed by atoms with Crippen LogP contribution in [0.5, 0.6) is 0 Å². The van der Waals surface area contributed by atoms with E-state index in [4.69, 9.17) is 0 Å². The van der Waals surface area contributed by atoms with Crippen molar-refractivity contribution in [2.75, 3.05) is 0 Å². The van der Waals surface area contributed by atoms with Gasteiger partial charge >= 0.3 is 0 Å². The molecule has 0 saturated heterocycles. The van der Waals surface area contributed by atoms with E-state index in [1.54, 1.807) is 0 Å². The van der Waals surface area contributed by atoms with Crippen molar-refractivity contribution in [2.24, 2.45) is 0 Å². The third-order valence-electron chi connectivity index (χ3n) is 10.8. The molecule has 0 spiro atoms. The van der Waals surface area contributed by atoms with Crippen LogP contribution in [0.25, 0.3) is 0 Å². The van der Waals surface area contributed by atoms with Crippen LogP contribution in [0.4, 0.5) is 0 Å². The van der Waals surface area contributed by atoms with Gasteiger partial charge in [0, 0.05) is 19.3 Å². The molecule has 0 aliphatic carbocycles. The number of Topliss-reactive ketones (excluding diaryl/α,β-unsaturated/α-hetero) is 3. The van der Waals surface area contributed by atoms with Crippen LogP contribution in [-0.4, -0.2) is 50.5 Å². The van der Waals surface area contributed by atoms with Crippen LogP contribution in [0.3, 0.4) is 0 Å². The highest BCUT2D eigenvalue weighted by molar-refractivity contribution is 6.11. The van der Waals surface area contributed by atoms with Gasteiger partial charge in [-0.05, 0) is 70.6 Å². The van der Waals surface area contributed by atoms with E-state index in [2.05, 4.69) is 45.1 Å². The third kappa shape index (κ3) is 27.6. The molecule has 0 aromatic heterocycles. The Morgan fingerprint density at radius 1 is 0.415 bits per heavy atom. The molecule has 0 saturated carbocycles. The molecule has 0 fully saturated rings. The fraction of sp³-hybridized carbons (Fsp3) is 0.851. The third-order valence-corrected chi connectivity index (χ3v) is 10.8. The van der Waals surface area contributed by atoms with Crippen LogP contribution < -0.4 is 0 Å². The number of aliphatic hydroxyl groups excluding tert-OH is 2. The maximum absolute atomic E-state index is 13.4. The van der Waals surface area contributed by atoms with Gasteiger partial charge in [-0.1, -0.05) is 173 Å². The predicted octanol–water partition coefficient (Wildman–Crippen LogP) is 12.6. The molecule has 53 heavy (non-hydrogen) atoms. The van der Waals surface area contributed by atoms with Gasteiger partial charge in [0.15, 0.2) is 17.3 Å². The van der Waals surface area contributed by atoms with Gasteiger partial charge in [0.25, 0.3) is 0 Å². The van der Waals surface area contributed by atoms with Gasteiger partial charge in [-0.25, -0.2) is 0 Å². The van der Waals surface area contributed by atoms with E-state index >= 15 is 0 Å². The van der Waals surface area contributed by atoms with Crippen molar-refractivity contribution in [3.05, 3.63) is 24.3 Å². The van der Waals surface area contributed by atoms with E-state index in [1.807, 2.05) is 0 Å². The van der Waals surface area contributed by atoms with E-state index in [9.17, 15) is 29.7 Å². The molecule has 2 unspecified atom stereocenters. The summed E-state index contributed by atoms with van der Waals surface area (Å²) in [5.74, 6) is -2.19. The molecule has 0 heterocycles. The van der Waals surface area contributed by atoms with Crippen LogP contribution in [0.2, 0.25) is 0 Å². The summed E-state index contributed by atoms with van der Waals surface area (Å²) in [7, 11) is 0. The van der Waals surface area contributed by atoms with E-state index in [0.717, 1.165) is 103 Å². The molecule has 310 valence electrons. The topological polar surface area (TPSA) is 112 Å². The van der Waals surface area contributed by atoms with Crippen molar-refractivity contribution in [1.82, 2.24) is 0 Å². The number of aliphatic hydroxyl groups is 3. The molecule has 0 amide bonds. The van der Waals surface area contributed by atoms with Crippen molar-refractivity contribution in [3.63, 3.8) is 0 Å². The summed E-state index contributed by atoms with van der Waals surface area (Å²) in [4.78, 5) is 39.6. The highest BCUT2D eigenvalue weighted by atomic mass is 16.4. The summed E-state index contributed by atoms with van der Waals surface area (Å²) in [6.45, 7) is 6.59. The SMILES string of the molecule is CCCCCCCC/C=C\CCCCCCCC(=O)C(O)(C(=O)CCCCCCC/C=C\CCCCCCCC)C(O)C(O)C(=O)CCCCCCC. The van der Waals surface area contributed by atoms with Crippen LogP contribution in [0, 0.1) is 0 Å². The Bertz CT molecular complexity index is 872. The Labute approximate surface area is 327 Å². The van der Waals surface area contributed by atoms with Gasteiger partial charge in [-0.3, -0.25) is 14.4 Å². The van der Waals surface area contributed by atoms with Crippen molar-refractivity contribution >= 4 is 17.3 Å². The quantitative estimate of drug-likeness (QED) is 0.0326. The summed E-state index contributed by atoms with van der Waals surface area (Å²) in [5.41, 5.74) is -2.77. The van der Waals surface area contributed by atoms with Gasteiger partial charge in [0.2, 0.25) is 5.60 Å². The fourth-order valence-electron chi connectivity index (χ4n) is 7.03. The number of allylic oxidation sites excluding steroid dienone is 4. The predicted molar refractivity (Wildman–Crippen MR) is 224 cm³/mol. The minimum atomic E-state index is -2.77. The summed E-state index contributed by atoms with van der Waals surface area (Å²) in [5, 5.41) is 33.4. The van der Waals surface area contributed by atoms with Crippen molar-refractivity contribution in [2.45, 2.75) is 257 Å². The van der Waals surface area contributed by atoms with E-state index in [-0.39, 0.29) is 19.3 Å². The molecule has 0 bridgehead atoms. The Morgan fingerprint density at radius 2 is 0.679 bits per heavy atom. The maximum atomic E-state index is 13.4. The lowest BCUT2D eigenvalue weighted by Gasteiger charge is -2.32. The summed E-state index contributed by atoms with van der Waals surface area (Å²) in [6.07, 6.45) is 38.3. The van der Waals surface area contributed by atoms with E-state index < -0.39 is 35.2 Å². The van der Waals surface area contributed by atoms with Crippen LogP contribution in [0.15, 0.2) is 24.3 Å². The van der Waals surface area contributed by atoms with E-state index in [0.29, 0.717) is 19.3 Å². The minimum Gasteiger partial charge on any atom is -0.386 e.